The van der Waals surface area contributed by atoms with E-state index in [2.05, 4.69) is 4.98 Å². The van der Waals surface area contributed by atoms with Crippen LogP contribution in [0.1, 0.15) is 11.3 Å². The zero-order chi connectivity index (χ0) is 18.8. The minimum atomic E-state index is -0.478. The molecule has 1 aliphatic heterocycles. The van der Waals surface area contributed by atoms with Gasteiger partial charge in [0.15, 0.2) is 0 Å². The zero-order valence-corrected chi connectivity index (χ0v) is 17.0. The summed E-state index contributed by atoms with van der Waals surface area (Å²) in [5.41, 5.74) is 5.87. The Hall–Kier alpha value is -1.45. The van der Waals surface area contributed by atoms with E-state index in [-0.39, 0.29) is 18.9 Å². The van der Waals surface area contributed by atoms with Gasteiger partial charge in [0, 0.05) is 34.6 Å². The van der Waals surface area contributed by atoms with Gasteiger partial charge in [0.25, 0.3) is 5.91 Å². The molecule has 0 spiro atoms. The lowest BCUT2D eigenvalue weighted by Crippen LogP contribution is -2.31. The van der Waals surface area contributed by atoms with Gasteiger partial charge < -0.3 is 5.73 Å². The number of rotatable bonds is 5. The molecule has 1 aliphatic rings. The third-order valence-corrected chi connectivity index (χ3v) is 6.33. The minimum Gasteiger partial charge on any atom is -0.370 e. The van der Waals surface area contributed by atoms with Crippen molar-refractivity contribution in [1.29, 1.82) is 0 Å². The van der Waals surface area contributed by atoms with Gasteiger partial charge >= 0.3 is 0 Å². The summed E-state index contributed by atoms with van der Waals surface area (Å²) < 4.78 is 0.408. The summed E-state index contributed by atoms with van der Waals surface area (Å²) in [6.07, 6.45) is 3.45. The molecule has 26 heavy (non-hydrogen) atoms. The van der Waals surface area contributed by atoms with Gasteiger partial charge in [0.05, 0.1) is 9.93 Å². The number of thiazole rings is 1. The average Bonchev–Trinajstić information content (AvgIpc) is 3.14. The molecule has 134 valence electrons. The number of aromatic nitrogens is 1. The van der Waals surface area contributed by atoms with Gasteiger partial charge in [0.1, 0.15) is 9.33 Å². The van der Waals surface area contributed by atoms with E-state index >= 15 is 0 Å². The Morgan fingerprint density at radius 3 is 2.88 bits per heavy atom. The van der Waals surface area contributed by atoms with Crippen LogP contribution < -0.4 is 5.73 Å². The molecule has 0 aliphatic carbocycles. The predicted octanol–water partition coefficient (Wildman–Crippen LogP) is 4.19. The maximum Gasteiger partial charge on any atom is 0.266 e. The molecular formula is C16H11Cl2N3O2S3. The number of carbonyl (C=O) groups excluding carboxylic acids is 2. The summed E-state index contributed by atoms with van der Waals surface area (Å²) in [6.45, 7) is 0.184. The van der Waals surface area contributed by atoms with E-state index in [0.717, 1.165) is 10.4 Å². The second kappa shape index (κ2) is 8.06. The second-order valence-corrected chi connectivity index (χ2v) is 8.82. The number of thiocarbonyl (C=S) groups is 1. The van der Waals surface area contributed by atoms with Crippen molar-refractivity contribution in [2.24, 2.45) is 5.73 Å². The highest BCUT2D eigenvalue weighted by Gasteiger charge is 2.32. The maximum absolute atomic E-state index is 12.5. The molecule has 1 aromatic carbocycles. The Bertz CT molecular complexity index is 943. The van der Waals surface area contributed by atoms with E-state index in [9.17, 15) is 9.59 Å². The Morgan fingerprint density at radius 1 is 1.38 bits per heavy atom. The number of hydrogen-bond donors (Lipinski definition) is 1. The fraction of sp³-hybridized carbons (Fsp3) is 0.125. The van der Waals surface area contributed by atoms with Gasteiger partial charge in [-0.25, -0.2) is 4.98 Å². The second-order valence-electron chi connectivity index (χ2n) is 5.24. The lowest BCUT2D eigenvalue weighted by Gasteiger charge is -2.12. The molecule has 0 radical (unpaired) electrons. The molecule has 0 atom stereocenters. The van der Waals surface area contributed by atoms with Crippen LogP contribution in [0.3, 0.4) is 0 Å². The molecule has 2 aromatic rings. The summed E-state index contributed by atoms with van der Waals surface area (Å²) in [4.78, 5) is 30.4. The predicted molar refractivity (Wildman–Crippen MR) is 111 cm³/mol. The number of hydrogen-bond acceptors (Lipinski definition) is 6. The van der Waals surface area contributed by atoms with Crippen LogP contribution in [0.5, 0.6) is 0 Å². The highest BCUT2D eigenvalue weighted by Crippen LogP contribution is 2.36. The molecule has 0 saturated carbocycles. The first kappa shape index (κ1) is 19.3. The van der Waals surface area contributed by atoms with E-state index in [1.54, 1.807) is 30.5 Å². The monoisotopic (exact) mass is 443 g/mol. The molecular weight excluding hydrogens is 433 g/mol. The number of amides is 2. The van der Waals surface area contributed by atoms with Gasteiger partial charge in [-0.05, 0) is 24.3 Å². The molecule has 3 rings (SSSR count). The third-order valence-electron chi connectivity index (χ3n) is 3.41. The normalized spacial score (nSPS) is 15.9. The number of benzene rings is 1. The standard InChI is InChI=1S/C16H11Cl2N3O2S3/c17-8-1-2-11(18)10(5-8)14-20-7-9(25-14)6-12-15(23)21(16(24)26-12)4-3-13(19)22/h1-2,5-7H,3-4H2,(H2,19,22). The van der Waals surface area contributed by atoms with Crippen molar-refractivity contribution in [2.45, 2.75) is 6.42 Å². The average molecular weight is 444 g/mol. The molecule has 1 fully saturated rings. The topological polar surface area (TPSA) is 76.3 Å². The molecule has 0 bridgehead atoms. The van der Waals surface area contributed by atoms with E-state index in [1.807, 2.05) is 0 Å². The first-order chi connectivity index (χ1) is 12.3. The number of halogens is 2. The van der Waals surface area contributed by atoms with Crippen LogP contribution in [0.15, 0.2) is 29.3 Å². The van der Waals surface area contributed by atoms with E-state index in [1.165, 1.54) is 28.0 Å². The van der Waals surface area contributed by atoms with Crippen LogP contribution in [0.25, 0.3) is 16.6 Å². The van der Waals surface area contributed by atoms with Crippen molar-refractivity contribution in [3.8, 4) is 10.6 Å². The van der Waals surface area contributed by atoms with Crippen LogP contribution >= 0.6 is 58.5 Å². The number of primary amides is 1. The van der Waals surface area contributed by atoms with Crippen molar-refractivity contribution in [3.05, 3.63) is 44.2 Å². The van der Waals surface area contributed by atoms with Crippen LogP contribution in [0.2, 0.25) is 10.0 Å². The van der Waals surface area contributed by atoms with E-state index < -0.39 is 5.91 Å². The van der Waals surface area contributed by atoms with Gasteiger partial charge in [-0.3, -0.25) is 14.5 Å². The fourth-order valence-corrected chi connectivity index (χ4v) is 4.88. The molecule has 2 heterocycles. The summed E-state index contributed by atoms with van der Waals surface area (Å²) >= 11 is 20.0. The van der Waals surface area contributed by atoms with Crippen molar-refractivity contribution < 1.29 is 9.59 Å². The fourth-order valence-electron chi connectivity index (χ4n) is 2.18. The van der Waals surface area contributed by atoms with Crippen LogP contribution in [0, 0.1) is 0 Å². The number of carbonyl (C=O) groups is 2. The van der Waals surface area contributed by atoms with Crippen LogP contribution in [-0.2, 0) is 9.59 Å². The lowest BCUT2D eigenvalue weighted by molar-refractivity contribution is -0.123. The van der Waals surface area contributed by atoms with Gasteiger partial charge in [-0.2, -0.15) is 0 Å². The van der Waals surface area contributed by atoms with Gasteiger partial charge in [-0.15, -0.1) is 11.3 Å². The summed E-state index contributed by atoms with van der Waals surface area (Å²) in [5, 5.41) is 1.82. The maximum atomic E-state index is 12.5. The third kappa shape index (κ3) is 4.27. The van der Waals surface area contributed by atoms with E-state index in [0.29, 0.717) is 24.3 Å². The summed E-state index contributed by atoms with van der Waals surface area (Å²) in [6, 6.07) is 5.17. The largest absolute Gasteiger partial charge is 0.370 e. The number of thioether (sulfide) groups is 1. The van der Waals surface area contributed by atoms with Crippen molar-refractivity contribution in [1.82, 2.24) is 9.88 Å². The van der Waals surface area contributed by atoms with Gasteiger partial charge in [-0.1, -0.05) is 47.2 Å². The summed E-state index contributed by atoms with van der Waals surface area (Å²) in [5.74, 6) is -0.717. The molecule has 10 heteroatoms. The van der Waals surface area contributed by atoms with E-state index in [4.69, 9.17) is 41.2 Å². The Labute approximate surface area is 173 Å². The SMILES string of the molecule is NC(=O)CCN1C(=O)C(=Cc2cnc(-c3cc(Cl)ccc3Cl)s2)SC1=S. The quantitative estimate of drug-likeness (QED) is 0.553. The van der Waals surface area contributed by atoms with Crippen molar-refractivity contribution >= 4 is 80.7 Å². The Morgan fingerprint density at radius 2 is 2.15 bits per heavy atom. The van der Waals surface area contributed by atoms with Crippen LogP contribution in [0.4, 0.5) is 0 Å². The molecule has 2 amide bonds. The first-order valence-electron chi connectivity index (χ1n) is 7.30. The number of nitrogens with zero attached hydrogens (tertiary/aromatic N) is 2. The molecule has 2 N–H and O–H groups in total. The zero-order valence-electron chi connectivity index (χ0n) is 13.1. The van der Waals surface area contributed by atoms with Gasteiger partial charge in [0.2, 0.25) is 5.91 Å². The highest BCUT2D eigenvalue weighted by molar-refractivity contribution is 8.26. The molecule has 5 nitrogen and oxygen atoms in total. The lowest BCUT2D eigenvalue weighted by atomic mass is 10.2. The Balaban J connectivity index is 1.82. The number of nitrogens with two attached hydrogens (primary N) is 1. The van der Waals surface area contributed by atoms with Crippen molar-refractivity contribution in [3.63, 3.8) is 0 Å². The van der Waals surface area contributed by atoms with Crippen molar-refractivity contribution in [2.75, 3.05) is 6.54 Å². The van der Waals surface area contributed by atoms with Crippen LogP contribution in [-0.4, -0.2) is 32.6 Å². The smallest absolute Gasteiger partial charge is 0.266 e. The minimum absolute atomic E-state index is 0.0672. The summed E-state index contributed by atoms with van der Waals surface area (Å²) in [7, 11) is 0. The molecule has 1 saturated heterocycles. The highest BCUT2D eigenvalue weighted by atomic mass is 35.5. The molecule has 0 unspecified atom stereocenters. The Kier molecular flexibility index (Phi) is 5.99. The first-order valence-corrected chi connectivity index (χ1v) is 10.1. The molecule has 1 aromatic heterocycles.